The van der Waals surface area contributed by atoms with Gasteiger partial charge in [0, 0.05) is 19.1 Å². The number of hydrogen-bond donors (Lipinski definition) is 1. The molecule has 5 heteroatoms. The number of amides is 1. The fourth-order valence-corrected chi connectivity index (χ4v) is 2.87. The SMILES string of the molecule is CC(C)(NC(=O)C1CCOCC1)c1ccc2c(c1)OCCO2. The molecule has 1 aromatic rings. The molecule has 120 valence electrons. The summed E-state index contributed by atoms with van der Waals surface area (Å²) in [7, 11) is 0. The molecule has 1 aromatic carbocycles. The van der Waals surface area contributed by atoms with Gasteiger partial charge in [0.25, 0.3) is 0 Å². The molecule has 0 atom stereocenters. The Bertz CT molecular complexity index is 550. The largest absolute Gasteiger partial charge is 0.486 e. The maximum Gasteiger partial charge on any atom is 0.223 e. The van der Waals surface area contributed by atoms with Crippen molar-refractivity contribution in [3.63, 3.8) is 0 Å². The van der Waals surface area contributed by atoms with Gasteiger partial charge in [0.15, 0.2) is 11.5 Å². The third kappa shape index (κ3) is 3.19. The molecule has 1 fully saturated rings. The van der Waals surface area contributed by atoms with Gasteiger partial charge in [0.1, 0.15) is 13.2 Å². The number of ether oxygens (including phenoxy) is 3. The van der Waals surface area contributed by atoms with E-state index >= 15 is 0 Å². The third-order valence-electron chi connectivity index (χ3n) is 4.29. The first-order chi connectivity index (χ1) is 10.6. The lowest BCUT2D eigenvalue weighted by atomic mass is 9.91. The Morgan fingerprint density at radius 2 is 1.77 bits per heavy atom. The average molecular weight is 305 g/mol. The second kappa shape index (κ2) is 6.16. The number of nitrogens with one attached hydrogen (secondary N) is 1. The fourth-order valence-electron chi connectivity index (χ4n) is 2.87. The molecule has 2 aliphatic rings. The summed E-state index contributed by atoms with van der Waals surface area (Å²) in [4.78, 5) is 12.5. The molecular weight excluding hydrogens is 282 g/mol. The van der Waals surface area contributed by atoms with E-state index in [2.05, 4.69) is 5.32 Å². The molecule has 0 aromatic heterocycles. The maximum atomic E-state index is 12.5. The van der Waals surface area contributed by atoms with Crippen molar-refractivity contribution in [2.45, 2.75) is 32.2 Å². The number of benzene rings is 1. The van der Waals surface area contributed by atoms with E-state index in [0.29, 0.717) is 26.4 Å². The van der Waals surface area contributed by atoms with Crippen molar-refractivity contribution in [2.24, 2.45) is 5.92 Å². The average Bonchev–Trinajstić information content (AvgIpc) is 2.55. The molecule has 0 unspecified atom stereocenters. The van der Waals surface area contributed by atoms with Gasteiger partial charge in [-0.25, -0.2) is 0 Å². The van der Waals surface area contributed by atoms with Crippen LogP contribution in [0.4, 0.5) is 0 Å². The number of fused-ring (bicyclic) bond motifs is 1. The Morgan fingerprint density at radius 3 is 2.50 bits per heavy atom. The van der Waals surface area contributed by atoms with Crippen molar-refractivity contribution >= 4 is 5.91 Å². The monoisotopic (exact) mass is 305 g/mol. The quantitative estimate of drug-likeness (QED) is 0.930. The van der Waals surface area contributed by atoms with Crippen molar-refractivity contribution in [3.05, 3.63) is 23.8 Å². The van der Waals surface area contributed by atoms with Gasteiger partial charge >= 0.3 is 0 Å². The lowest BCUT2D eigenvalue weighted by Crippen LogP contribution is -2.45. The summed E-state index contributed by atoms with van der Waals surface area (Å²) < 4.78 is 16.5. The summed E-state index contributed by atoms with van der Waals surface area (Å²) in [6.45, 7) is 6.50. The van der Waals surface area contributed by atoms with E-state index < -0.39 is 5.54 Å². The van der Waals surface area contributed by atoms with E-state index in [-0.39, 0.29) is 11.8 Å². The molecule has 0 radical (unpaired) electrons. The highest BCUT2D eigenvalue weighted by atomic mass is 16.6. The Hall–Kier alpha value is -1.75. The van der Waals surface area contributed by atoms with Crippen LogP contribution in [0.1, 0.15) is 32.3 Å². The molecule has 0 spiro atoms. The molecule has 2 heterocycles. The van der Waals surface area contributed by atoms with Gasteiger partial charge in [-0.15, -0.1) is 0 Å². The molecule has 1 amide bonds. The van der Waals surface area contributed by atoms with E-state index in [0.717, 1.165) is 29.9 Å². The zero-order chi connectivity index (χ0) is 15.6. The molecule has 0 bridgehead atoms. The summed E-state index contributed by atoms with van der Waals surface area (Å²) in [5, 5.41) is 3.16. The highest BCUT2D eigenvalue weighted by Gasteiger charge is 2.29. The highest BCUT2D eigenvalue weighted by molar-refractivity contribution is 5.79. The summed E-state index contributed by atoms with van der Waals surface area (Å²) in [6.07, 6.45) is 1.59. The first-order valence-corrected chi connectivity index (χ1v) is 7.86. The first-order valence-electron chi connectivity index (χ1n) is 7.86. The molecule has 5 nitrogen and oxygen atoms in total. The second-order valence-corrected chi connectivity index (χ2v) is 6.36. The van der Waals surface area contributed by atoms with E-state index in [1.165, 1.54) is 0 Å². The predicted molar refractivity (Wildman–Crippen MR) is 82.1 cm³/mol. The molecular formula is C17H23NO4. The van der Waals surface area contributed by atoms with Gasteiger partial charge < -0.3 is 19.5 Å². The summed E-state index contributed by atoms with van der Waals surface area (Å²) in [5.41, 5.74) is 0.558. The van der Waals surface area contributed by atoms with Crippen molar-refractivity contribution in [3.8, 4) is 11.5 Å². The Balaban J connectivity index is 1.72. The van der Waals surface area contributed by atoms with Crippen LogP contribution in [0.2, 0.25) is 0 Å². The second-order valence-electron chi connectivity index (χ2n) is 6.36. The van der Waals surface area contributed by atoms with Crippen LogP contribution in [0.25, 0.3) is 0 Å². The molecule has 1 saturated heterocycles. The van der Waals surface area contributed by atoms with Gasteiger partial charge in [-0.3, -0.25) is 4.79 Å². The van der Waals surface area contributed by atoms with Crippen molar-refractivity contribution < 1.29 is 19.0 Å². The van der Waals surface area contributed by atoms with Crippen LogP contribution in [0.3, 0.4) is 0 Å². The summed E-state index contributed by atoms with van der Waals surface area (Å²) >= 11 is 0. The highest BCUT2D eigenvalue weighted by Crippen LogP contribution is 2.34. The summed E-state index contributed by atoms with van der Waals surface area (Å²) in [5.74, 6) is 1.66. The van der Waals surface area contributed by atoms with Crippen LogP contribution < -0.4 is 14.8 Å². The van der Waals surface area contributed by atoms with E-state index in [4.69, 9.17) is 14.2 Å². The lowest BCUT2D eigenvalue weighted by Gasteiger charge is -2.31. The Morgan fingerprint density at radius 1 is 1.09 bits per heavy atom. The number of hydrogen-bond acceptors (Lipinski definition) is 4. The van der Waals surface area contributed by atoms with E-state index in [9.17, 15) is 4.79 Å². The number of carbonyl (C=O) groups excluding carboxylic acids is 1. The first kappa shape index (κ1) is 15.2. The number of carbonyl (C=O) groups is 1. The van der Waals surface area contributed by atoms with Gasteiger partial charge in [-0.05, 0) is 44.4 Å². The normalized spacial score (nSPS) is 18.8. The molecule has 0 saturated carbocycles. The smallest absolute Gasteiger partial charge is 0.223 e. The third-order valence-corrected chi connectivity index (χ3v) is 4.29. The van der Waals surface area contributed by atoms with Crippen molar-refractivity contribution in [2.75, 3.05) is 26.4 Å². The lowest BCUT2D eigenvalue weighted by molar-refractivity contribution is -0.129. The van der Waals surface area contributed by atoms with Crippen LogP contribution >= 0.6 is 0 Å². The maximum absolute atomic E-state index is 12.5. The van der Waals surface area contributed by atoms with Crippen molar-refractivity contribution in [1.29, 1.82) is 0 Å². The zero-order valence-corrected chi connectivity index (χ0v) is 13.2. The Labute approximate surface area is 130 Å². The van der Waals surface area contributed by atoms with Crippen LogP contribution in [0, 0.1) is 5.92 Å². The fraction of sp³-hybridized carbons (Fsp3) is 0.588. The molecule has 2 aliphatic heterocycles. The van der Waals surface area contributed by atoms with E-state index in [1.54, 1.807) is 0 Å². The van der Waals surface area contributed by atoms with Gasteiger partial charge in [0.2, 0.25) is 5.91 Å². The predicted octanol–water partition coefficient (Wildman–Crippen LogP) is 2.24. The topological polar surface area (TPSA) is 56.8 Å². The zero-order valence-electron chi connectivity index (χ0n) is 13.2. The van der Waals surface area contributed by atoms with Gasteiger partial charge in [-0.1, -0.05) is 6.07 Å². The summed E-state index contributed by atoms with van der Waals surface area (Å²) in [6, 6.07) is 5.85. The Kier molecular flexibility index (Phi) is 4.25. The van der Waals surface area contributed by atoms with Crippen LogP contribution in [0.5, 0.6) is 11.5 Å². The molecule has 3 rings (SSSR count). The minimum atomic E-state index is -0.453. The number of rotatable bonds is 3. The van der Waals surface area contributed by atoms with Crippen LogP contribution in [0.15, 0.2) is 18.2 Å². The molecule has 1 N–H and O–H groups in total. The standard InChI is InChI=1S/C17H23NO4/c1-17(2,18-16(19)12-5-7-20-8-6-12)13-3-4-14-15(11-13)22-10-9-21-14/h3-4,11-12H,5-10H2,1-2H3,(H,18,19). The van der Waals surface area contributed by atoms with E-state index in [1.807, 2.05) is 32.0 Å². The van der Waals surface area contributed by atoms with Gasteiger partial charge in [-0.2, -0.15) is 0 Å². The molecule has 22 heavy (non-hydrogen) atoms. The van der Waals surface area contributed by atoms with Crippen molar-refractivity contribution in [1.82, 2.24) is 5.32 Å². The minimum Gasteiger partial charge on any atom is -0.486 e. The minimum absolute atomic E-state index is 0.0465. The van der Waals surface area contributed by atoms with Gasteiger partial charge in [0.05, 0.1) is 5.54 Å². The van der Waals surface area contributed by atoms with Crippen LogP contribution in [-0.2, 0) is 15.1 Å². The van der Waals surface area contributed by atoms with Crippen LogP contribution in [-0.4, -0.2) is 32.3 Å². The molecule has 0 aliphatic carbocycles.